The lowest BCUT2D eigenvalue weighted by atomic mass is 10.00. The number of rotatable bonds is 0. The first-order chi connectivity index (χ1) is 7.45. The van der Waals surface area contributed by atoms with E-state index in [1.54, 1.807) is 5.56 Å². The Morgan fingerprint density at radius 3 is 2.80 bits per heavy atom. The maximum atomic E-state index is 4.54. The topological polar surface area (TPSA) is 12.9 Å². The van der Waals surface area contributed by atoms with E-state index in [1.165, 1.54) is 43.1 Å². The highest BCUT2D eigenvalue weighted by Crippen LogP contribution is 2.26. The highest BCUT2D eigenvalue weighted by atomic mass is 14.7. The van der Waals surface area contributed by atoms with Gasteiger partial charge in [0.25, 0.3) is 0 Å². The SMILES string of the molecule is c1ccc2c3c(cnc2c1)CCCCC3. The van der Waals surface area contributed by atoms with Gasteiger partial charge in [-0.2, -0.15) is 0 Å². The lowest BCUT2D eigenvalue weighted by molar-refractivity contribution is 0.712. The Balaban J connectivity index is 2.27. The molecule has 0 spiro atoms. The van der Waals surface area contributed by atoms with Crippen LogP contribution in [0.1, 0.15) is 30.4 Å². The van der Waals surface area contributed by atoms with E-state index in [4.69, 9.17) is 0 Å². The quantitative estimate of drug-likeness (QED) is 0.589. The number of hydrogen-bond acceptors (Lipinski definition) is 1. The van der Waals surface area contributed by atoms with E-state index < -0.39 is 0 Å². The van der Waals surface area contributed by atoms with Gasteiger partial charge in [-0.3, -0.25) is 4.98 Å². The van der Waals surface area contributed by atoms with Crippen LogP contribution in [0.2, 0.25) is 0 Å². The molecule has 76 valence electrons. The van der Waals surface area contributed by atoms with Crippen molar-refractivity contribution in [2.45, 2.75) is 32.1 Å². The van der Waals surface area contributed by atoms with Gasteiger partial charge >= 0.3 is 0 Å². The highest BCUT2D eigenvalue weighted by molar-refractivity contribution is 5.83. The molecule has 1 aliphatic carbocycles. The molecule has 0 aliphatic heterocycles. The minimum absolute atomic E-state index is 1.15. The third-order valence-corrected chi connectivity index (χ3v) is 3.35. The minimum Gasteiger partial charge on any atom is -0.256 e. The summed E-state index contributed by atoms with van der Waals surface area (Å²) in [6, 6.07) is 8.51. The average Bonchev–Trinajstić information content (AvgIpc) is 2.54. The van der Waals surface area contributed by atoms with Crippen molar-refractivity contribution in [2.75, 3.05) is 0 Å². The average molecular weight is 197 g/mol. The molecule has 1 nitrogen and oxygen atoms in total. The molecule has 0 saturated heterocycles. The molecule has 1 aromatic carbocycles. The fourth-order valence-electron chi connectivity index (χ4n) is 2.54. The molecule has 2 aromatic rings. The van der Waals surface area contributed by atoms with Crippen LogP contribution in [-0.2, 0) is 12.8 Å². The highest BCUT2D eigenvalue weighted by Gasteiger charge is 2.11. The van der Waals surface area contributed by atoms with Crippen LogP contribution in [0.4, 0.5) is 0 Å². The first kappa shape index (κ1) is 8.90. The molecule has 0 atom stereocenters. The molecule has 1 heteroatoms. The summed E-state index contributed by atoms with van der Waals surface area (Å²) in [6.07, 6.45) is 8.56. The Labute approximate surface area is 90.2 Å². The second kappa shape index (κ2) is 3.65. The molecule has 15 heavy (non-hydrogen) atoms. The van der Waals surface area contributed by atoms with Crippen LogP contribution in [0.15, 0.2) is 30.5 Å². The summed E-state index contributed by atoms with van der Waals surface area (Å²) >= 11 is 0. The van der Waals surface area contributed by atoms with Gasteiger partial charge in [-0.05, 0) is 42.9 Å². The van der Waals surface area contributed by atoms with Gasteiger partial charge in [0, 0.05) is 11.6 Å². The number of fused-ring (bicyclic) bond motifs is 3. The van der Waals surface area contributed by atoms with Crippen molar-refractivity contribution >= 4 is 10.9 Å². The minimum atomic E-state index is 1.15. The number of nitrogens with zero attached hydrogens (tertiary/aromatic N) is 1. The van der Waals surface area contributed by atoms with Crippen LogP contribution in [0.5, 0.6) is 0 Å². The molecular formula is C14H15N. The van der Waals surface area contributed by atoms with Crippen LogP contribution < -0.4 is 0 Å². The Kier molecular flexibility index (Phi) is 2.17. The van der Waals surface area contributed by atoms with Crippen LogP contribution in [0.25, 0.3) is 10.9 Å². The lowest BCUT2D eigenvalue weighted by Gasteiger charge is -2.08. The second-order valence-corrected chi connectivity index (χ2v) is 4.34. The van der Waals surface area contributed by atoms with Gasteiger partial charge in [-0.25, -0.2) is 0 Å². The van der Waals surface area contributed by atoms with Gasteiger partial charge in [-0.1, -0.05) is 24.6 Å². The van der Waals surface area contributed by atoms with Crippen molar-refractivity contribution in [3.63, 3.8) is 0 Å². The van der Waals surface area contributed by atoms with E-state index in [1.807, 2.05) is 0 Å². The molecule has 0 amide bonds. The summed E-state index contributed by atoms with van der Waals surface area (Å²) < 4.78 is 0. The van der Waals surface area contributed by atoms with Crippen molar-refractivity contribution in [1.29, 1.82) is 0 Å². The molecule has 0 N–H and O–H groups in total. The van der Waals surface area contributed by atoms with Crippen LogP contribution in [-0.4, -0.2) is 4.98 Å². The number of aryl methyl sites for hydroxylation is 2. The molecule has 3 rings (SSSR count). The zero-order valence-corrected chi connectivity index (χ0v) is 8.87. The van der Waals surface area contributed by atoms with Crippen molar-refractivity contribution in [2.24, 2.45) is 0 Å². The first-order valence-electron chi connectivity index (χ1n) is 5.80. The van der Waals surface area contributed by atoms with E-state index in [0.29, 0.717) is 0 Å². The van der Waals surface area contributed by atoms with E-state index in [9.17, 15) is 0 Å². The van der Waals surface area contributed by atoms with Crippen molar-refractivity contribution in [3.05, 3.63) is 41.6 Å². The summed E-state index contributed by atoms with van der Waals surface area (Å²) in [5.41, 5.74) is 4.18. The van der Waals surface area contributed by atoms with Gasteiger partial charge in [0.2, 0.25) is 0 Å². The summed E-state index contributed by atoms with van der Waals surface area (Å²) in [5, 5.41) is 1.37. The molecule has 1 aromatic heterocycles. The van der Waals surface area contributed by atoms with Gasteiger partial charge in [0.05, 0.1) is 5.52 Å². The van der Waals surface area contributed by atoms with E-state index >= 15 is 0 Å². The normalized spacial score (nSPS) is 16.0. The smallest absolute Gasteiger partial charge is 0.0704 e. The first-order valence-corrected chi connectivity index (χ1v) is 5.80. The van der Waals surface area contributed by atoms with E-state index in [2.05, 4.69) is 35.4 Å². The molecule has 0 bridgehead atoms. The Morgan fingerprint density at radius 1 is 0.933 bits per heavy atom. The molecule has 1 heterocycles. The summed E-state index contributed by atoms with van der Waals surface area (Å²) in [4.78, 5) is 4.54. The second-order valence-electron chi connectivity index (χ2n) is 4.34. The van der Waals surface area contributed by atoms with Gasteiger partial charge in [-0.15, -0.1) is 0 Å². The van der Waals surface area contributed by atoms with Crippen LogP contribution in [0, 0.1) is 0 Å². The van der Waals surface area contributed by atoms with E-state index in [-0.39, 0.29) is 0 Å². The number of pyridine rings is 1. The van der Waals surface area contributed by atoms with Gasteiger partial charge < -0.3 is 0 Å². The fourth-order valence-corrected chi connectivity index (χ4v) is 2.54. The third kappa shape index (κ3) is 1.52. The number of aromatic nitrogens is 1. The number of hydrogen-bond donors (Lipinski definition) is 0. The summed E-state index contributed by atoms with van der Waals surface area (Å²) in [5.74, 6) is 0. The molecule has 0 unspecified atom stereocenters. The Morgan fingerprint density at radius 2 is 1.80 bits per heavy atom. The van der Waals surface area contributed by atoms with Gasteiger partial charge in [0.15, 0.2) is 0 Å². The van der Waals surface area contributed by atoms with Crippen molar-refractivity contribution in [3.8, 4) is 0 Å². The summed E-state index contributed by atoms with van der Waals surface area (Å²) in [6.45, 7) is 0. The molecule has 1 aliphatic rings. The monoisotopic (exact) mass is 197 g/mol. The van der Waals surface area contributed by atoms with Crippen molar-refractivity contribution in [1.82, 2.24) is 4.98 Å². The summed E-state index contributed by atoms with van der Waals surface area (Å²) in [7, 11) is 0. The Hall–Kier alpha value is -1.37. The molecular weight excluding hydrogens is 182 g/mol. The Bertz CT molecular complexity index is 488. The van der Waals surface area contributed by atoms with Crippen LogP contribution >= 0.6 is 0 Å². The molecule has 0 radical (unpaired) electrons. The predicted octanol–water partition coefficient (Wildman–Crippen LogP) is 3.50. The van der Waals surface area contributed by atoms with Crippen LogP contribution in [0.3, 0.4) is 0 Å². The predicted molar refractivity (Wildman–Crippen MR) is 63.0 cm³/mol. The van der Waals surface area contributed by atoms with Crippen molar-refractivity contribution < 1.29 is 0 Å². The number of para-hydroxylation sites is 1. The lowest BCUT2D eigenvalue weighted by Crippen LogP contribution is -1.94. The van der Waals surface area contributed by atoms with Gasteiger partial charge in [0.1, 0.15) is 0 Å². The largest absolute Gasteiger partial charge is 0.256 e. The fraction of sp³-hybridized carbons (Fsp3) is 0.357. The zero-order valence-electron chi connectivity index (χ0n) is 8.87. The number of benzene rings is 1. The molecule has 0 saturated carbocycles. The maximum Gasteiger partial charge on any atom is 0.0704 e. The maximum absolute atomic E-state index is 4.54. The molecule has 0 fully saturated rings. The zero-order chi connectivity index (χ0) is 10.1. The van der Waals surface area contributed by atoms with E-state index in [0.717, 1.165) is 5.52 Å². The standard InChI is InChI=1S/C14H15N/c1-2-6-11-10-15-14-9-5-4-8-13(14)12(11)7-3-1/h4-5,8-10H,1-3,6-7H2. The third-order valence-electron chi connectivity index (χ3n) is 3.35.